The van der Waals surface area contributed by atoms with E-state index in [1.165, 1.54) is 0 Å². The van der Waals surface area contributed by atoms with Crippen LogP contribution in [0, 0.1) is 0 Å². The number of aliphatic hydroxyl groups excluding tert-OH is 1. The van der Waals surface area contributed by atoms with E-state index in [0.717, 1.165) is 12.1 Å². The van der Waals surface area contributed by atoms with Gasteiger partial charge < -0.3 is 9.84 Å². The molecule has 2 atom stereocenters. The van der Waals surface area contributed by atoms with E-state index < -0.39 is 6.10 Å². The third-order valence-electron chi connectivity index (χ3n) is 2.32. The number of aliphatic hydroxyl groups is 1. The molecule has 80 valence electrons. The first kappa shape index (κ1) is 11.2. The van der Waals surface area contributed by atoms with Gasteiger partial charge in [0, 0.05) is 31.8 Å². The second-order valence-corrected chi connectivity index (χ2v) is 3.43. The largest absolute Gasteiger partial charge is 0.388 e. The van der Waals surface area contributed by atoms with Gasteiger partial charge in [-0.1, -0.05) is 0 Å². The molecule has 14 heavy (non-hydrogen) atoms. The van der Waals surface area contributed by atoms with Crippen molar-refractivity contribution in [1.82, 2.24) is 9.78 Å². The molecule has 0 amide bonds. The zero-order valence-corrected chi connectivity index (χ0v) is 8.97. The summed E-state index contributed by atoms with van der Waals surface area (Å²) in [5.74, 6) is 0. The minimum absolute atomic E-state index is 0.0648. The first-order chi connectivity index (χ1) is 6.67. The molecule has 1 aromatic heterocycles. The molecule has 0 fully saturated rings. The summed E-state index contributed by atoms with van der Waals surface area (Å²) in [7, 11) is 1.65. The summed E-state index contributed by atoms with van der Waals surface area (Å²) in [6.07, 6.45) is 3.76. The van der Waals surface area contributed by atoms with Gasteiger partial charge in [0.15, 0.2) is 0 Å². The van der Waals surface area contributed by atoms with Crippen LogP contribution in [0.4, 0.5) is 0 Å². The number of hydrogen-bond acceptors (Lipinski definition) is 3. The minimum Gasteiger partial charge on any atom is -0.388 e. The van der Waals surface area contributed by atoms with Gasteiger partial charge in [0.25, 0.3) is 0 Å². The number of ether oxygens (including phenoxy) is 1. The van der Waals surface area contributed by atoms with E-state index in [4.69, 9.17) is 4.74 Å². The van der Waals surface area contributed by atoms with Gasteiger partial charge in [-0.2, -0.15) is 5.10 Å². The van der Waals surface area contributed by atoms with Crippen LogP contribution in [-0.4, -0.2) is 28.1 Å². The van der Waals surface area contributed by atoms with Gasteiger partial charge in [-0.3, -0.25) is 4.68 Å². The van der Waals surface area contributed by atoms with E-state index in [-0.39, 0.29) is 6.10 Å². The molecule has 0 saturated heterocycles. The molecule has 0 aromatic carbocycles. The summed E-state index contributed by atoms with van der Waals surface area (Å²) in [6, 6.07) is 0. The predicted molar refractivity (Wildman–Crippen MR) is 53.9 cm³/mol. The molecule has 0 saturated carbocycles. The third kappa shape index (κ3) is 2.82. The summed E-state index contributed by atoms with van der Waals surface area (Å²) in [4.78, 5) is 0. The van der Waals surface area contributed by atoms with Gasteiger partial charge in [-0.15, -0.1) is 0 Å². The Morgan fingerprint density at radius 3 is 2.86 bits per heavy atom. The normalized spacial score (nSPS) is 15.4. The number of aromatic nitrogens is 2. The lowest BCUT2D eigenvalue weighted by Crippen LogP contribution is -2.10. The van der Waals surface area contributed by atoms with E-state index >= 15 is 0 Å². The average molecular weight is 198 g/mol. The van der Waals surface area contributed by atoms with Crippen molar-refractivity contribution in [3.63, 3.8) is 0 Å². The zero-order chi connectivity index (χ0) is 10.6. The van der Waals surface area contributed by atoms with Crippen LogP contribution < -0.4 is 0 Å². The monoisotopic (exact) mass is 198 g/mol. The standard InChI is InChI=1S/C10H18N2O2/c1-4-12-7-9(6-11-12)10(13)5-8(2)14-3/h6-8,10,13H,4-5H2,1-3H3. The van der Waals surface area contributed by atoms with Crippen LogP contribution in [0.1, 0.15) is 31.9 Å². The highest BCUT2D eigenvalue weighted by molar-refractivity contribution is 5.07. The Morgan fingerprint density at radius 1 is 1.64 bits per heavy atom. The molecule has 1 aromatic rings. The van der Waals surface area contributed by atoms with Gasteiger partial charge >= 0.3 is 0 Å². The molecule has 0 aliphatic carbocycles. The van der Waals surface area contributed by atoms with Crippen LogP contribution >= 0.6 is 0 Å². The van der Waals surface area contributed by atoms with Gasteiger partial charge in [0.1, 0.15) is 0 Å². The van der Waals surface area contributed by atoms with E-state index in [2.05, 4.69) is 5.10 Å². The van der Waals surface area contributed by atoms with Crippen LogP contribution in [0.3, 0.4) is 0 Å². The molecule has 4 nitrogen and oxygen atoms in total. The summed E-state index contributed by atoms with van der Waals surface area (Å²) < 4.78 is 6.89. The molecular weight excluding hydrogens is 180 g/mol. The molecule has 0 bridgehead atoms. The maximum atomic E-state index is 9.80. The lowest BCUT2D eigenvalue weighted by Gasteiger charge is -2.13. The molecule has 0 aliphatic heterocycles. The predicted octanol–water partition coefficient (Wildman–Crippen LogP) is 1.36. The number of rotatable bonds is 5. The zero-order valence-electron chi connectivity index (χ0n) is 8.97. The number of aryl methyl sites for hydroxylation is 1. The molecule has 4 heteroatoms. The molecule has 1 N–H and O–H groups in total. The van der Waals surface area contributed by atoms with Crippen molar-refractivity contribution in [2.45, 2.75) is 39.0 Å². The molecule has 1 rings (SSSR count). The topological polar surface area (TPSA) is 47.3 Å². The van der Waals surface area contributed by atoms with E-state index in [0.29, 0.717) is 6.42 Å². The summed E-state index contributed by atoms with van der Waals surface area (Å²) >= 11 is 0. The highest BCUT2D eigenvalue weighted by Crippen LogP contribution is 2.18. The van der Waals surface area contributed by atoms with Crippen LogP contribution in [0.2, 0.25) is 0 Å². The lowest BCUT2D eigenvalue weighted by molar-refractivity contribution is 0.0559. The molecular formula is C10H18N2O2. The highest BCUT2D eigenvalue weighted by atomic mass is 16.5. The number of nitrogens with zero attached hydrogens (tertiary/aromatic N) is 2. The van der Waals surface area contributed by atoms with Crippen molar-refractivity contribution >= 4 is 0 Å². The SMILES string of the molecule is CCn1cc(C(O)CC(C)OC)cn1. The van der Waals surface area contributed by atoms with E-state index in [9.17, 15) is 5.11 Å². The highest BCUT2D eigenvalue weighted by Gasteiger charge is 2.13. The first-order valence-corrected chi connectivity index (χ1v) is 4.90. The Balaban J connectivity index is 2.55. The van der Waals surface area contributed by atoms with Gasteiger partial charge in [0.05, 0.1) is 18.4 Å². The van der Waals surface area contributed by atoms with E-state index in [1.807, 2.05) is 20.0 Å². The quantitative estimate of drug-likeness (QED) is 0.777. The Morgan fingerprint density at radius 2 is 2.36 bits per heavy atom. The van der Waals surface area contributed by atoms with Crippen molar-refractivity contribution in [2.24, 2.45) is 0 Å². The van der Waals surface area contributed by atoms with Crippen molar-refractivity contribution < 1.29 is 9.84 Å². The Hall–Kier alpha value is -0.870. The Labute approximate surface area is 84.5 Å². The second-order valence-electron chi connectivity index (χ2n) is 3.43. The summed E-state index contributed by atoms with van der Waals surface area (Å²) in [5, 5.41) is 13.9. The number of hydrogen-bond donors (Lipinski definition) is 1. The Bertz CT molecular complexity index is 273. The molecule has 0 spiro atoms. The van der Waals surface area contributed by atoms with Gasteiger partial charge in [-0.05, 0) is 13.8 Å². The van der Waals surface area contributed by atoms with Crippen LogP contribution in [0.15, 0.2) is 12.4 Å². The van der Waals surface area contributed by atoms with Crippen LogP contribution in [-0.2, 0) is 11.3 Å². The molecule has 0 aliphatic rings. The third-order valence-corrected chi connectivity index (χ3v) is 2.32. The van der Waals surface area contributed by atoms with Gasteiger partial charge in [-0.25, -0.2) is 0 Å². The maximum absolute atomic E-state index is 9.80. The van der Waals surface area contributed by atoms with Crippen molar-refractivity contribution in [1.29, 1.82) is 0 Å². The minimum atomic E-state index is -0.481. The van der Waals surface area contributed by atoms with Crippen LogP contribution in [0.25, 0.3) is 0 Å². The Kier molecular flexibility index (Phi) is 4.10. The average Bonchev–Trinajstić information content (AvgIpc) is 2.65. The van der Waals surface area contributed by atoms with Crippen LogP contribution in [0.5, 0.6) is 0 Å². The van der Waals surface area contributed by atoms with E-state index in [1.54, 1.807) is 18.0 Å². The van der Waals surface area contributed by atoms with Crippen molar-refractivity contribution in [2.75, 3.05) is 7.11 Å². The summed E-state index contributed by atoms with van der Waals surface area (Å²) in [5.41, 5.74) is 0.857. The fourth-order valence-corrected chi connectivity index (χ4v) is 1.27. The smallest absolute Gasteiger partial charge is 0.0845 e. The molecule has 0 radical (unpaired) electrons. The molecule has 2 unspecified atom stereocenters. The second kappa shape index (κ2) is 5.12. The lowest BCUT2D eigenvalue weighted by atomic mass is 10.1. The summed E-state index contributed by atoms with van der Waals surface area (Å²) in [6.45, 7) is 4.78. The van der Waals surface area contributed by atoms with Crippen molar-refractivity contribution in [3.8, 4) is 0 Å². The van der Waals surface area contributed by atoms with Crippen molar-refractivity contribution in [3.05, 3.63) is 18.0 Å². The fourth-order valence-electron chi connectivity index (χ4n) is 1.27. The number of methoxy groups -OCH3 is 1. The maximum Gasteiger partial charge on any atom is 0.0845 e. The first-order valence-electron chi connectivity index (χ1n) is 4.90. The molecule has 1 heterocycles. The van der Waals surface area contributed by atoms with Gasteiger partial charge in [0.2, 0.25) is 0 Å². The fraction of sp³-hybridized carbons (Fsp3) is 0.700.